The third-order valence-corrected chi connectivity index (χ3v) is 8.80. The molecule has 0 aliphatic carbocycles. The lowest BCUT2D eigenvalue weighted by Crippen LogP contribution is -2.37. The Morgan fingerprint density at radius 3 is 2.51 bits per heavy atom. The van der Waals surface area contributed by atoms with Crippen molar-refractivity contribution in [2.24, 2.45) is 0 Å². The van der Waals surface area contributed by atoms with Crippen molar-refractivity contribution < 1.29 is 18.7 Å². The highest BCUT2D eigenvalue weighted by molar-refractivity contribution is 6.30. The van der Waals surface area contributed by atoms with Gasteiger partial charge >= 0.3 is 0 Å². The number of ether oxygens (including phenoxy) is 1. The summed E-state index contributed by atoms with van der Waals surface area (Å²) in [6.07, 6.45) is 5.94. The summed E-state index contributed by atoms with van der Waals surface area (Å²) in [5.41, 5.74) is 4.63. The number of rotatable bonds is 9. The second-order valence-electron chi connectivity index (χ2n) is 11.6. The van der Waals surface area contributed by atoms with Gasteiger partial charge in [-0.2, -0.15) is 0 Å². The van der Waals surface area contributed by atoms with Gasteiger partial charge in [0.25, 0.3) is 5.91 Å². The van der Waals surface area contributed by atoms with Gasteiger partial charge in [-0.3, -0.25) is 14.4 Å². The predicted molar refractivity (Wildman–Crippen MR) is 176 cm³/mol. The van der Waals surface area contributed by atoms with Crippen LogP contribution in [0.25, 0.3) is 11.0 Å². The quantitative estimate of drug-likeness (QED) is 0.225. The van der Waals surface area contributed by atoms with Crippen LogP contribution in [-0.2, 0) is 17.8 Å². The van der Waals surface area contributed by atoms with E-state index < -0.39 is 5.91 Å². The first kappa shape index (κ1) is 30.5. The number of fused-ring (bicyclic) bond motifs is 1. The van der Waals surface area contributed by atoms with Crippen LogP contribution in [0.2, 0.25) is 5.02 Å². The van der Waals surface area contributed by atoms with Crippen molar-refractivity contribution >= 4 is 40.1 Å². The van der Waals surface area contributed by atoms with Crippen LogP contribution in [0.1, 0.15) is 47.4 Å². The summed E-state index contributed by atoms with van der Waals surface area (Å²) < 4.78 is 11.1. The number of anilines is 1. The van der Waals surface area contributed by atoms with Crippen LogP contribution in [0, 0.1) is 0 Å². The van der Waals surface area contributed by atoms with Crippen molar-refractivity contribution in [1.29, 1.82) is 0 Å². The van der Waals surface area contributed by atoms with Crippen molar-refractivity contribution in [2.45, 2.75) is 44.7 Å². The second kappa shape index (κ2) is 13.6. The number of carbonyl (C=O) groups excluding carboxylic acids is 2. The first-order valence-electron chi connectivity index (χ1n) is 15.3. The van der Waals surface area contributed by atoms with Gasteiger partial charge in [0, 0.05) is 49.4 Å². The molecule has 9 heteroatoms. The molecule has 4 aromatic rings. The van der Waals surface area contributed by atoms with Crippen LogP contribution in [-0.4, -0.2) is 49.5 Å². The molecule has 3 heterocycles. The molecule has 2 aliphatic rings. The van der Waals surface area contributed by atoms with E-state index in [1.54, 1.807) is 18.2 Å². The Morgan fingerprint density at radius 2 is 1.78 bits per heavy atom. The van der Waals surface area contributed by atoms with E-state index in [9.17, 15) is 14.4 Å². The van der Waals surface area contributed by atoms with E-state index in [1.807, 2.05) is 35.2 Å². The maximum atomic E-state index is 13.4. The summed E-state index contributed by atoms with van der Waals surface area (Å²) >= 11 is 6.12. The number of piperidine rings is 1. The van der Waals surface area contributed by atoms with Crippen molar-refractivity contribution in [2.75, 3.05) is 31.6 Å². The Hall–Kier alpha value is -4.56. The minimum Gasteiger partial charge on any atom is -0.497 e. The van der Waals surface area contributed by atoms with Gasteiger partial charge in [-0.15, -0.1) is 0 Å². The molecule has 1 atom stereocenters. The van der Waals surface area contributed by atoms with Gasteiger partial charge in [0.1, 0.15) is 11.3 Å². The zero-order valence-corrected chi connectivity index (χ0v) is 26.0. The SMILES string of the molecule is COc1ccc2oc(C(=O)N[C@@H](C=C3CCN(c4ccccc4CN4CCCC4=O)CC3)Cc3ccc(Cl)cc3)cc(=O)c2c1. The van der Waals surface area contributed by atoms with Crippen LogP contribution < -0.4 is 20.4 Å². The Bertz CT molecular complexity index is 1790. The number of likely N-dealkylation sites (tertiary alicyclic amines) is 1. The largest absolute Gasteiger partial charge is 0.497 e. The topological polar surface area (TPSA) is 92.1 Å². The zero-order chi connectivity index (χ0) is 31.3. The Labute approximate surface area is 267 Å². The fraction of sp³-hybridized carbons (Fsp3) is 0.306. The van der Waals surface area contributed by atoms with Crippen LogP contribution in [0.15, 0.2) is 93.7 Å². The van der Waals surface area contributed by atoms with Crippen molar-refractivity contribution in [1.82, 2.24) is 10.2 Å². The van der Waals surface area contributed by atoms with E-state index in [-0.39, 0.29) is 23.1 Å². The molecule has 1 aromatic heterocycles. The first-order valence-corrected chi connectivity index (χ1v) is 15.7. The first-order chi connectivity index (χ1) is 21.9. The molecule has 0 radical (unpaired) electrons. The fourth-order valence-corrected chi connectivity index (χ4v) is 6.28. The lowest BCUT2D eigenvalue weighted by Gasteiger charge is -2.33. The van der Waals surface area contributed by atoms with E-state index in [0.717, 1.165) is 44.5 Å². The number of nitrogens with zero attached hydrogens (tertiary/aromatic N) is 2. The van der Waals surface area contributed by atoms with E-state index in [1.165, 1.54) is 30.0 Å². The number of carbonyl (C=O) groups is 2. The minimum atomic E-state index is -0.455. The smallest absolute Gasteiger partial charge is 0.287 e. The van der Waals surface area contributed by atoms with Gasteiger partial charge in [0.15, 0.2) is 11.2 Å². The third-order valence-electron chi connectivity index (χ3n) is 8.55. The molecule has 232 valence electrons. The number of methoxy groups -OCH3 is 1. The number of hydrogen-bond acceptors (Lipinski definition) is 6. The van der Waals surface area contributed by atoms with Gasteiger partial charge < -0.3 is 24.3 Å². The molecular formula is C36H36ClN3O5. The molecule has 2 fully saturated rings. The summed E-state index contributed by atoms with van der Waals surface area (Å²) in [6.45, 7) is 3.13. The Balaban J connectivity index is 1.19. The van der Waals surface area contributed by atoms with E-state index >= 15 is 0 Å². The number of hydrogen-bond donors (Lipinski definition) is 1. The minimum absolute atomic E-state index is 0.0416. The molecule has 45 heavy (non-hydrogen) atoms. The van der Waals surface area contributed by atoms with Crippen molar-refractivity contribution in [3.8, 4) is 5.75 Å². The molecule has 2 saturated heterocycles. The van der Waals surface area contributed by atoms with Crippen molar-refractivity contribution in [3.63, 3.8) is 0 Å². The molecule has 3 aromatic carbocycles. The fourth-order valence-electron chi connectivity index (χ4n) is 6.16. The Kier molecular flexibility index (Phi) is 9.21. The molecule has 2 amide bonds. The molecule has 1 N–H and O–H groups in total. The molecule has 6 rings (SSSR count). The number of benzene rings is 3. The van der Waals surface area contributed by atoms with E-state index in [0.29, 0.717) is 41.1 Å². The van der Waals surface area contributed by atoms with Gasteiger partial charge in [-0.1, -0.05) is 53.6 Å². The highest BCUT2D eigenvalue weighted by atomic mass is 35.5. The lowest BCUT2D eigenvalue weighted by molar-refractivity contribution is -0.128. The maximum absolute atomic E-state index is 13.4. The number of amides is 2. The van der Waals surface area contributed by atoms with Gasteiger partial charge in [0.05, 0.1) is 18.5 Å². The molecule has 0 bridgehead atoms. The highest BCUT2D eigenvalue weighted by Gasteiger charge is 2.24. The summed E-state index contributed by atoms with van der Waals surface area (Å²) in [6, 6.07) is 21.8. The van der Waals surface area contributed by atoms with Crippen LogP contribution in [0.4, 0.5) is 5.69 Å². The molecular weight excluding hydrogens is 590 g/mol. The molecule has 0 unspecified atom stereocenters. The van der Waals surface area contributed by atoms with Gasteiger partial charge in [-0.05, 0) is 73.2 Å². The molecule has 2 aliphatic heterocycles. The third kappa shape index (κ3) is 7.23. The summed E-state index contributed by atoms with van der Waals surface area (Å²) in [7, 11) is 1.53. The standard InChI is InChI=1S/C36H36ClN3O5/c1-44-29-12-13-33-30(21-29)32(41)22-34(45-33)36(43)38-28(19-24-8-10-27(37)11-9-24)20-25-14-17-39(18-15-25)31-6-3-2-5-26(31)23-40-16-4-7-35(40)42/h2-3,5-6,8-13,20-22,28H,4,7,14-19,23H2,1H3,(H,38,43)/t28-/m1/s1. The summed E-state index contributed by atoms with van der Waals surface area (Å²) in [5.74, 6) is 0.270. The number of halogens is 1. The van der Waals surface area contributed by atoms with Gasteiger partial charge in [0.2, 0.25) is 5.91 Å². The Morgan fingerprint density at radius 1 is 1.00 bits per heavy atom. The van der Waals surface area contributed by atoms with Crippen LogP contribution in [0.3, 0.4) is 0 Å². The summed E-state index contributed by atoms with van der Waals surface area (Å²) in [4.78, 5) is 42.9. The van der Waals surface area contributed by atoms with E-state index in [4.69, 9.17) is 20.8 Å². The summed E-state index contributed by atoms with van der Waals surface area (Å²) in [5, 5.41) is 4.10. The van der Waals surface area contributed by atoms with E-state index in [2.05, 4.69) is 34.5 Å². The monoisotopic (exact) mass is 625 g/mol. The molecule has 0 saturated carbocycles. The highest BCUT2D eigenvalue weighted by Crippen LogP contribution is 2.29. The molecule has 0 spiro atoms. The molecule has 8 nitrogen and oxygen atoms in total. The second-order valence-corrected chi connectivity index (χ2v) is 12.0. The lowest BCUT2D eigenvalue weighted by atomic mass is 9.97. The predicted octanol–water partition coefficient (Wildman–Crippen LogP) is 6.15. The zero-order valence-electron chi connectivity index (χ0n) is 25.3. The van der Waals surface area contributed by atoms with Gasteiger partial charge in [-0.25, -0.2) is 0 Å². The average molecular weight is 626 g/mol. The van der Waals surface area contributed by atoms with Crippen molar-refractivity contribution in [3.05, 3.63) is 117 Å². The van der Waals surface area contributed by atoms with Crippen LogP contribution in [0.5, 0.6) is 5.75 Å². The normalized spacial score (nSPS) is 15.8. The maximum Gasteiger partial charge on any atom is 0.287 e. The number of nitrogens with one attached hydrogen (secondary N) is 1. The number of para-hydroxylation sites is 1. The van der Waals surface area contributed by atoms with Crippen LogP contribution >= 0.6 is 11.6 Å². The average Bonchev–Trinajstić information content (AvgIpc) is 3.46.